The molecule has 0 amide bonds. The van der Waals surface area contributed by atoms with E-state index in [9.17, 15) is 19.6 Å². The second-order valence-electron chi connectivity index (χ2n) is 10.00. The first-order valence-electron chi connectivity index (χ1n) is 11.7. The number of hydrogen-bond donors (Lipinski definition) is 1. The lowest BCUT2D eigenvalue weighted by Gasteiger charge is -2.29. The normalized spacial score (nSPS) is 13.9. The zero-order chi connectivity index (χ0) is 25.8. The van der Waals surface area contributed by atoms with Crippen molar-refractivity contribution < 1.29 is 23.8 Å². The van der Waals surface area contributed by atoms with E-state index in [-0.39, 0.29) is 5.56 Å². The fourth-order valence-electron chi connectivity index (χ4n) is 4.98. The molecule has 4 aromatic rings. The van der Waals surface area contributed by atoms with Crippen LogP contribution in [0.15, 0.2) is 42.6 Å². The first kappa shape index (κ1) is 23.7. The summed E-state index contributed by atoms with van der Waals surface area (Å²) in [6.45, 7) is 7.74. The molecule has 0 spiro atoms. The Kier molecular flexibility index (Phi) is 5.65. The van der Waals surface area contributed by atoms with E-state index in [2.05, 4.69) is 4.98 Å². The monoisotopic (exact) mass is 484 g/mol. The van der Waals surface area contributed by atoms with Crippen LogP contribution >= 0.6 is 0 Å². The van der Waals surface area contributed by atoms with Crippen molar-refractivity contribution >= 4 is 27.6 Å². The first-order valence-corrected chi connectivity index (χ1v) is 11.7. The minimum absolute atomic E-state index is 0.0789. The highest BCUT2D eigenvalue weighted by molar-refractivity contribution is 6.09. The number of fused-ring (bicyclic) bond motifs is 1. The Labute approximate surface area is 207 Å². The molecule has 1 unspecified atom stereocenters. The number of nitriles is 1. The number of carbonyl (C=O) groups is 1. The van der Waals surface area contributed by atoms with Crippen LogP contribution in [0.5, 0.6) is 5.75 Å². The number of carboxylic acid groups (broad SMARTS) is 1. The number of rotatable bonds is 4. The molecule has 1 atom stereocenters. The van der Waals surface area contributed by atoms with Crippen molar-refractivity contribution in [2.75, 3.05) is 6.61 Å². The summed E-state index contributed by atoms with van der Waals surface area (Å²) in [5, 5.41) is 21.6. The van der Waals surface area contributed by atoms with E-state index in [0.717, 1.165) is 17.4 Å². The predicted molar refractivity (Wildman–Crippen MR) is 135 cm³/mol. The van der Waals surface area contributed by atoms with Crippen LogP contribution in [0.2, 0.25) is 0 Å². The van der Waals surface area contributed by atoms with Crippen LogP contribution in [-0.4, -0.2) is 28.3 Å². The molecule has 1 aliphatic heterocycles. The van der Waals surface area contributed by atoms with Crippen LogP contribution in [0.4, 0.5) is 4.39 Å². The summed E-state index contributed by atoms with van der Waals surface area (Å²) in [5.74, 6) is -1.12. The van der Waals surface area contributed by atoms with Gasteiger partial charge >= 0.3 is 5.97 Å². The molecule has 36 heavy (non-hydrogen) atoms. The van der Waals surface area contributed by atoms with Gasteiger partial charge in [0.15, 0.2) is 6.10 Å². The van der Waals surface area contributed by atoms with Crippen molar-refractivity contribution in [2.24, 2.45) is 0 Å². The van der Waals surface area contributed by atoms with Crippen LogP contribution in [0.3, 0.4) is 0 Å². The van der Waals surface area contributed by atoms with Crippen LogP contribution in [-0.2, 0) is 16.0 Å². The minimum atomic E-state index is -1.31. The van der Waals surface area contributed by atoms with Crippen molar-refractivity contribution in [1.29, 1.82) is 5.26 Å². The molecule has 2 heterocycles. The maximum absolute atomic E-state index is 15.0. The number of aryl methyl sites for hydroxylation is 1. The van der Waals surface area contributed by atoms with Gasteiger partial charge in [0.2, 0.25) is 0 Å². The molecule has 1 aliphatic rings. The highest BCUT2D eigenvalue weighted by Gasteiger charge is 2.33. The zero-order valence-electron chi connectivity index (χ0n) is 20.5. The predicted octanol–water partition coefficient (Wildman–Crippen LogP) is 6.25. The number of ether oxygens (including phenoxy) is 2. The van der Waals surface area contributed by atoms with Crippen molar-refractivity contribution in [3.8, 4) is 22.9 Å². The van der Waals surface area contributed by atoms with Gasteiger partial charge in [-0.25, -0.2) is 9.18 Å². The van der Waals surface area contributed by atoms with Crippen LogP contribution < -0.4 is 4.74 Å². The highest BCUT2D eigenvalue weighted by Crippen LogP contribution is 2.45. The summed E-state index contributed by atoms with van der Waals surface area (Å²) >= 11 is 0. The van der Waals surface area contributed by atoms with E-state index in [1.165, 1.54) is 12.1 Å². The average molecular weight is 485 g/mol. The number of halogens is 1. The van der Waals surface area contributed by atoms with Crippen LogP contribution in [0, 0.1) is 24.1 Å². The van der Waals surface area contributed by atoms with Crippen molar-refractivity contribution in [2.45, 2.75) is 45.8 Å². The van der Waals surface area contributed by atoms with Gasteiger partial charge in [0, 0.05) is 29.1 Å². The molecule has 3 aromatic carbocycles. The van der Waals surface area contributed by atoms with Gasteiger partial charge in [0.25, 0.3) is 0 Å². The number of aromatic nitrogens is 1. The molecular weight excluding hydrogens is 459 g/mol. The van der Waals surface area contributed by atoms with Gasteiger partial charge in [0.1, 0.15) is 17.6 Å². The number of pyridine rings is 1. The summed E-state index contributed by atoms with van der Waals surface area (Å²) < 4.78 is 26.9. The lowest BCUT2D eigenvalue weighted by molar-refractivity contribution is -0.160. The fraction of sp³-hybridized carbons (Fsp3) is 0.276. The molecule has 0 bridgehead atoms. The maximum Gasteiger partial charge on any atom is 0.337 e. The molecule has 0 fully saturated rings. The van der Waals surface area contributed by atoms with Gasteiger partial charge < -0.3 is 14.6 Å². The SMILES string of the molecule is Cc1cc2cc(C#N)c(F)cc2c(-c2ccc3c4c(ccnc24)CCO3)c1C(OC(C)(C)C)C(=O)O. The number of nitrogens with zero attached hydrogens (tertiary/aromatic N) is 2. The number of carboxylic acids is 1. The van der Waals surface area contributed by atoms with Gasteiger partial charge in [-0.05, 0) is 85.5 Å². The van der Waals surface area contributed by atoms with Gasteiger partial charge in [-0.3, -0.25) is 4.98 Å². The third kappa shape index (κ3) is 3.94. The first-order chi connectivity index (χ1) is 17.1. The largest absolute Gasteiger partial charge is 0.493 e. The van der Waals surface area contributed by atoms with Gasteiger partial charge in [-0.15, -0.1) is 0 Å². The number of aliphatic carboxylic acids is 1. The smallest absolute Gasteiger partial charge is 0.337 e. The molecule has 0 saturated carbocycles. The zero-order valence-corrected chi connectivity index (χ0v) is 20.5. The molecule has 5 rings (SSSR count). The number of benzene rings is 3. The van der Waals surface area contributed by atoms with Gasteiger partial charge in [-0.1, -0.05) is 6.07 Å². The Bertz CT molecular complexity index is 1590. The molecule has 0 radical (unpaired) electrons. The van der Waals surface area contributed by atoms with Crippen LogP contribution in [0.25, 0.3) is 32.8 Å². The topological polar surface area (TPSA) is 92.4 Å². The van der Waals surface area contributed by atoms with Crippen molar-refractivity contribution in [1.82, 2.24) is 4.98 Å². The van der Waals surface area contributed by atoms with E-state index in [4.69, 9.17) is 9.47 Å². The summed E-state index contributed by atoms with van der Waals surface area (Å²) in [6.07, 6.45) is 1.13. The quantitative estimate of drug-likeness (QED) is 0.368. The van der Waals surface area contributed by atoms with E-state index in [1.807, 2.05) is 24.3 Å². The lowest BCUT2D eigenvalue weighted by atomic mass is 9.85. The molecule has 6 nitrogen and oxygen atoms in total. The Morgan fingerprint density at radius 2 is 2.03 bits per heavy atom. The standard InChI is InChI=1S/C29H25FN2O4/c1-15-11-17-12-18(14-31)21(30)13-20(17)25(23(15)27(28(33)34)36-29(2,3)4)19-5-6-22-24-16(8-10-35-22)7-9-32-26(19)24/h5-7,9,11-13,27H,8,10H2,1-4H3,(H,33,34). The second-order valence-corrected chi connectivity index (χ2v) is 10.00. The minimum Gasteiger partial charge on any atom is -0.493 e. The van der Waals surface area contributed by atoms with Crippen molar-refractivity contribution in [3.05, 3.63) is 70.7 Å². The van der Waals surface area contributed by atoms with Gasteiger partial charge in [-0.2, -0.15) is 5.26 Å². The molecule has 0 saturated heterocycles. The third-order valence-electron chi connectivity index (χ3n) is 6.39. The average Bonchev–Trinajstić information content (AvgIpc) is 2.82. The second kappa shape index (κ2) is 8.58. The highest BCUT2D eigenvalue weighted by atomic mass is 19.1. The molecular formula is C29H25FN2O4. The fourth-order valence-corrected chi connectivity index (χ4v) is 4.98. The van der Waals surface area contributed by atoms with E-state index >= 15 is 0 Å². The molecule has 7 heteroatoms. The molecule has 1 N–H and O–H groups in total. The van der Waals surface area contributed by atoms with Crippen molar-refractivity contribution in [3.63, 3.8) is 0 Å². The summed E-state index contributed by atoms with van der Waals surface area (Å²) in [5.41, 5.74) is 3.13. The molecule has 0 aliphatic carbocycles. The third-order valence-corrected chi connectivity index (χ3v) is 6.39. The lowest BCUT2D eigenvalue weighted by Crippen LogP contribution is -2.28. The summed E-state index contributed by atoms with van der Waals surface area (Å²) in [4.78, 5) is 17.2. The van der Waals surface area contributed by atoms with Crippen LogP contribution in [0.1, 0.15) is 49.1 Å². The van der Waals surface area contributed by atoms with Gasteiger partial charge in [0.05, 0.1) is 23.3 Å². The van der Waals surface area contributed by atoms with E-state index in [0.29, 0.717) is 50.9 Å². The summed E-state index contributed by atoms with van der Waals surface area (Å²) in [7, 11) is 0. The van der Waals surface area contributed by atoms with E-state index in [1.54, 1.807) is 40.0 Å². The molecule has 182 valence electrons. The Balaban J connectivity index is 1.95. The Morgan fingerprint density at radius 1 is 1.25 bits per heavy atom. The Hall–Kier alpha value is -4.02. The maximum atomic E-state index is 15.0. The van der Waals surface area contributed by atoms with E-state index < -0.39 is 23.5 Å². The Morgan fingerprint density at radius 3 is 2.72 bits per heavy atom. The number of hydrogen-bond acceptors (Lipinski definition) is 5. The summed E-state index contributed by atoms with van der Waals surface area (Å²) in [6, 6.07) is 12.1. The molecule has 1 aromatic heterocycles.